The maximum absolute atomic E-state index is 4.38. The first-order valence-corrected chi connectivity index (χ1v) is 13.5. The zero-order chi connectivity index (χ0) is 26.3. The molecule has 0 amide bonds. The van der Waals surface area contributed by atoms with Crippen molar-refractivity contribution in [1.82, 2.24) is 10.6 Å². The molecule has 0 heterocycles. The van der Waals surface area contributed by atoms with Gasteiger partial charge in [-0.1, -0.05) is 82.2 Å². The molecule has 3 rings (SSSR count). The standard InChI is InChI=1S/C34H46N2/c1-9-11-17-30-26(5)29-18-12-13-19-31(29)32(30)23-35-20-15-14-16-28(10-2)36-27(6)33-24(3)21-34(7,8)22-25(33)4/h9-13,17-19,28,32,35-36H,2-5,14-16,20-23H2,1,6-8H3/b11-9-,30-17+. The molecule has 2 nitrogen and oxygen atoms in total. The van der Waals surface area contributed by atoms with Crippen molar-refractivity contribution in [2.24, 2.45) is 5.41 Å². The molecular weight excluding hydrogens is 436 g/mol. The maximum Gasteiger partial charge on any atom is 0.0438 e. The van der Waals surface area contributed by atoms with Crippen LogP contribution in [0.4, 0.5) is 0 Å². The lowest BCUT2D eigenvalue weighted by Gasteiger charge is -2.35. The molecule has 1 saturated carbocycles. The number of nitrogens with one attached hydrogen (secondary N) is 2. The molecule has 2 N–H and O–H groups in total. The number of rotatable bonds is 11. The lowest BCUT2D eigenvalue weighted by molar-refractivity contribution is 0.348. The van der Waals surface area contributed by atoms with Crippen LogP contribution in [0.15, 0.2) is 103 Å². The van der Waals surface area contributed by atoms with E-state index in [-0.39, 0.29) is 11.5 Å². The van der Waals surface area contributed by atoms with Crippen molar-refractivity contribution in [3.05, 3.63) is 114 Å². The van der Waals surface area contributed by atoms with Crippen LogP contribution < -0.4 is 10.6 Å². The quantitative estimate of drug-likeness (QED) is 0.244. The van der Waals surface area contributed by atoms with Gasteiger partial charge in [0.2, 0.25) is 0 Å². The Morgan fingerprint density at radius 2 is 1.81 bits per heavy atom. The van der Waals surface area contributed by atoms with Crippen LogP contribution in [0, 0.1) is 5.41 Å². The van der Waals surface area contributed by atoms with Gasteiger partial charge in [-0.25, -0.2) is 0 Å². The van der Waals surface area contributed by atoms with Gasteiger partial charge in [0.15, 0.2) is 0 Å². The van der Waals surface area contributed by atoms with E-state index in [0.29, 0.717) is 5.92 Å². The van der Waals surface area contributed by atoms with Crippen molar-refractivity contribution >= 4 is 5.57 Å². The van der Waals surface area contributed by atoms with Gasteiger partial charge in [-0.05, 0) is 96.9 Å². The van der Waals surface area contributed by atoms with E-state index < -0.39 is 0 Å². The first-order chi connectivity index (χ1) is 17.2. The molecule has 2 aliphatic carbocycles. The normalized spacial score (nSPS) is 21.2. The van der Waals surface area contributed by atoms with Crippen LogP contribution in [0.3, 0.4) is 0 Å². The average Bonchev–Trinajstić information content (AvgIpc) is 3.08. The van der Waals surface area contributed by atoms with Gasteiger partial charge >= 0.3 is 0 Å². The molecule has 36 heavy (non-hydrogen) atoms. The summed E-state index contributed by atoms with van der Waals surface area (Å²) in [4.78, 5) is 0. The van der Waals surface area contributed by atoms with E-state index in [1.54, 1.807) is 0 Å². The Morgan fingerprint density at radius 1 is 1.11 bits per heavy atom. The lowest BCUT2D eigenvalue weighted by atomic mass is 9.70. The third kappa shape index (κ3) is 6.68. The SMILES string of the molecule is C=CC(CCCCNCC1/C(=C/C=C\C)C(=C)c2ccccc21)NC(C)=C1C(=C)CC(C)(C)CC1=C. The molecule has 2 unspecified atom stereocenters. The summed E-state index contributed by atoms with van der Waals surface area (Å²) in [5.41, 5.74) is 10.2. The molecule has 0 radical (unpaired) electrons. The van der Waals surface area contributed by atoms with E-state index in [0.717, 1.165) is 50.8 Å². The minimum atomic E-state index is 0.250. The van der Waals surface area contributed by atoms with E-state index in [1.165, 1.54) is 39.1 Å². The van der Waals surface area contributed by atoms with Crippen LogP contribution >= 0.6 is 0 Å². The highest BCUT2D eigenvalue weighted by atomic mass is 14.9. The monoisotopic (exact) mass is 482 g/mol. The van der Waals surface area contributed by atoms with Gasteiger partial charge in [0.1, 0.15) is 0 Å². The van der Waals surface area contributed by atoms with Crippen LogP contribution in [-0.4, -0.2) is 19.1 Å². The average molecular weight is 483 g/mol. The molecular formula is C34H46N2. The minimum absolute atomic E-state index is 0.250. The van der Waals surface area contributed by atoms with Gasteiger partial charge in [-0.2, -0.15) is 0 Å². The van der Waals surface area contributed by atoms with E-state index in [2.05, 4.69) is 107 Å². The van der Waals surface area contributed by atoms with Crippen molar-refractivity contribution in [2.45, 2.75) is 71.8 Å². The fourth-order valence-electron chi connectivity index (χ4n) is 5.88. The Morgan fingerprint density at radius 3 is 2.47 bits per heavy atom. The third-order valence-corrected chi connectivity index (χ3v) is 7.47. The zero-order valence-electron chi connectivity index (χ0n) is 23.1. The molecule has 1 aromatic rings. The molecule has 0 aromatic heterocycles. The summed E-state index contributed by atoms with van der Waals surface area (Å²) in [5.74, 6) is 0.364. The summed E-state index contributed by atoms with van der Waals surface area (Å²) < 4.78 is 0. The van der Waals surface area contributed by atoms with Crippen molar-refractivity contribution in [3.8, 4) is 0 Å². The number of fused-ring (bicyclic) bond motifs is 1. The number of unbranched alkanes of at least 4 members (excludes halogenated alkanes) is 1. The van der Waals surface area contributed by atoms with Gasteiger partial charge in [-0.3, -0.25) is 0 Å². The Bertz CT molecular complexity index is 1070. The molecule has 2 aliphatic rings. The summed E-state index contributed by atoms with van der Waals surface area (Å²) in [6.07, 6.45) is 13.9. The van der Waals surface area contributed by atoms with Gasteiger partial charge in [0.25, 0.3) is 0 Å². The molecule has 192 valence electrons. The molecule has 1 fully saturated rings. The fraction of sp³-hybridized carbons (Fsp3) is 0.412. The summed E-state index contributed by atoms with van der Waals surface area (Å²) in [5, 5.41) is 7.41. The van der Waals surface area contributed by atoms with E-state index in [1.807, 2.05) is 6.08 Å². The predicted molar refractivity (Wildman–Crippen MR) is 159 cm³/mol. The topological polar surface area (TPSA) is 24.1 Å². The van der Waals surface area contributed by atoms with Crippen LogP contribution in [-0.2, 0) is 0 Å². The summed E-state index contributed by atoms with van der Waals surface area (Å²) in [6.45, 7) is 27.9. The third-order valence-electron chi connectivity index (χ3n) is 7.47. The second kappa shape index (κ2) is 12.4. The second-order valence-corrected chi connectivity index (χ2v) is 11.2. The van der Waals surface area contributed by atoms with Crippen LogP contribution in [0.2, 0.25) is 0 Å². The number of allylic oxidation sites excluding steroid dienone is 8. The Kier molecular flexibility index (Phi) is 9.56. The van der Waals surface area contributed by atoms with Crippen LogP contribution in [0.5, 0.6) is 0 Å². The Hall–Kier alpha value is -2.84. The highest BCUT2D eigenvalue weighted by Crippen LogP contribution is 2.45. The molecule has 0 saturated heterocycles. The molecule has 1 aromatic carbocycles. The number of hydrogen-bond acceptors (Lipinski definition) is 2. The molecule has 0 spiro atoms. The van der Waals surface area contributed by atoms with Crippen molar-refractivity contribution in [1.29, 1.82) is 0 Å². The zero-order valence-corrected chi connectivity index (χ0v) is 23.1. The first-order valence-electron chi connectivity index (χ1n) is 13.5. The second-order valence-electron chi connectivity index (χ2n) is 11.2. The highest BCUT2D eigenvalue weighted by molar-refractivity contribution is 5.87. The van der Waals surface area contributed by atoms with Gasteiger partial charge < -0.3 is 10.6 Å². The van der Waals surface area contributed by atoms with Gasteiger partial charge in [0, 0.05) is 24.2 Å². The van der Waals surface area contributed by atoms with Crippen LogP contribution in [0.25, 0.3) is 5.57 Å². The van der Waals surface area contributed by atoms with Gasteiger partial charge in [-0.15, -0.1) is 6.58 Å². The number of hydrogen-bond donors (Lipinski definition) is 2. The van der Waals surface area contributed by atoms with Crippen molar-refractivity contribution < 1.29 is 0 Å². The van der Waals surface area contributed by atoms with Crippen molar-refractivity contribution in [2.75, 3.05) is 13.1 Å². The molecule has 2 heteroatoms. The minimum Gasteiger partial charge on any atom is -0.382 e. The predicted octanol–water partition coefficient (Wildman–Crippen LogP) is 8.41. The lowest BCUT2D eigenvalue weighted by Crippen LogP contribution is -2.29. The molecule has 0 aliphatic heterocycles. The molecule has 2 atom stereocenters. The first kappa shape index (κ1) is 27.7. The Labute approximate surface area is 220 Å². The Balaban J connectivity index is 1.49. The van der Waals surface area contributed by atoms with Gasteiger partial charge in [0.05, 0.1) is 0 Å². The summed E-state index contributed by atoms with van der Waals surface area (Å²) >= 11 is 0. The fourth-order valence-corrected chi connectivity index (χ4v) is 5.88. The van der Waals surface area contributed by atoms with E-state index in [9.17, 15) is 0 Å². The largest absolute Gasteiger partial charge is 0.382 e. The number of benzene rings is 1. The smallest absolute Gasteiger partial charge is 0.0438 e. The van der Waals surface area contributed by atoms with Crippen LogP contribution in [0.1, 0.15) is 76.8 Å². The summed E-state index contributed by atoms with van der Waals surface area (Å²) in [7, 11) is 0. The summed E-state index contributed by atoms with van der Waals surface area (Å²) in [6, 6.07) is 8.94. The van der Waals surface area contributed by atoms with E-state index >= 15 is 0 Å². The maximum atomic E-state index is 4.38. The van der Waals surface area contributed by atoms with E-state index in [4.69, 9.17) is 0 Å². The highest BCUT2D eigenvalue weighted by Gasteiger charge is 2.30. The molecule has 0 bridgehead atoms. The van der Waals surface area contributed by atoms with Crippen molar-refractivity contribution in [3.63, 3.8) is 0 Å².